The molecule has 2 unspecified atom stereocenters. The van der Waals surface area contributed by atoms with Crippen molar-refractivity contribution in [2.24, 2.45) is 4.99 Å². The summed E-state index contributed by atoms with van der Waals surface area (Å²) < 4.78 is 8.67. The van der Waals surface area contributed by atoms with Crippen LogP contribution in [0.3, 0.4) is 0 Å². The number of hydrogen-bond donors (Lipinski definition) is 3. The van der Waals surface area contributed by atoms with E-state index >= 15 is 0 Å². The molecule has 3 N–H and O–H groups in total. The van der Waals surface area contributed by atoms with Crippen molar-refractivity contribution in [1.82, 2.24) is 16.0 Å². The van der Waals surface area contributed by atoms with E-state index in [1.807, 2.05) is 0 Å². The van der Waals surface area contributed by atoms with E-state index in [9.17, 15) is 9.59 Å². The second kappa shape index (κ2) is 7.37. The number of rotatable bonds is 1. The summed E-state index contributed by atoms with van der Waals surface area (Å²) in [6, 6.07) is -0.000353. The lowest BCUT2D eigenvalue weighted by Crippen LogP contribution is -2.44. The molecule has 0 bridgehead atoms. The first-order valence-corrected chi connectivity index (χ1v) is 5.74. The molecule has 0 aromatic rings. The van der Waals surface area contributed by atoms with Crippen LogP contribution in [0, 0.1) is 0 Å². The Kier molecular flexibility index (Phi) is 6.11. The number of nitrogens with zero attached hydrogens (tertiary/aromatic N) is 1. The van der Waals surface area contributed by atoms with Gasteiger partial charge in [-0.3, -0.25) is 10.6 Å². The van der Waals surface area contributed by atoms with Crippen molar-refractivity contribution in [1.29, 1.82) is 0 Å². The molecule has 0 aliphatic carbocycles. The van der Waals surface area contributed by atoms with Gasteiger partial charge in [0.1, 0.15) is 0 Å². The summed E-state index contributed by atoms with van der Waals surface area (Å²) in [5.74, 6) is -0.00130. The molecule has 17 heavy (non-hydrogen) atoms. The molecule has 96 valence electrons. The van der Waals surface area contributed by atoms with E-state index in [1.165, 1.54) is 0 Å². The van der Waals surface area contributed by atoms with Gasteiger partial charge in [-0.1, -0.05) is 0 Å². The third-order valence-electron chi connectivity index (χ3n) is 2.00. The molecule has 3 atom stereocenters. The standard InChI is InChI=1S/C7H14N4O4P2/c12-6(14-16)10-5(11-7(13)15-17)9-4-1-2-8-3-4/h4,8H,1-3,16-17H2,(H2,9,10,11,12,13)/t4-/m1/s1. The third-order valence-corrected chi connectivity index (χ3v) is 2.43. The first-order chi connectivity index (χ1) is 8.15. The summed E-state index contributed by atoms with van der Waals surface area (Å²) >= 11 is 0. The van der Waals surface area contributed by atoms with E-state index in [1.54, 1.807) is 18.9 Å². The average Bonchev–Trinajstić information content (AvgIpc) is 2.81. The molecule has 1 heterocycles. The zero-order valence-electron chi connectivity index (χ0n) is 8.93. The van der Waals surface area contributed by atoms with Gasteiger partial charge in [0.25, 0.3) is 0 Å². The van der Waals surface area contributed by atoms with Crippen LogP contribution in [0.1, 0.15) is 6.42 Å². The van der Waals surface area contributed by atoms with Crippen LogP contribution in [0.15, 0.2) is 4.99 Å². The maximum atomic E-state index is 11.0. The Bertz CT molecular complexity index is 299. The van der Waals surface area contributed by atoms with Gasteiger partial charge in [0, 0.05) is 6.54 Å². The number of amides is 2. The second-order valence-corrected chi connectivity index (χ2v) is 3.66. The van der Waals surface area contributed by atoms with Crippen LogP contribution >= 0.6 is 18.9 Å². The quantitative estimate of drug-likeness (QED) is 0.349. The van der Waals surface area contributed by atoms with E-state index in [0.717, 1.165) is 13.0 Å². The third kappa shape index (κ3) is 5.26. The largest absolute Gasteiger partial charge is 0.435 e. The van der Waals surface area contributed by atoms with Crippen molar-refractivity contribution in [3.63, 3.8) is 0 Å². The fourth-order valence-corrected chi connectivity index (χ4v) is 1.40. The summed E-state index contributed by atoms with van der Waals surface area (Å²) in [6.07, 6.45) is -0.661. The highest BCUT2D eigenvalue weighted by atomic mass is 31.0. The van der Waals surface area contributed by atoms with Crippen LogP contribution < -0.4 is 16.0 Å². The molecule has 8 nitrogen and oxygen atoms in total. The smallest absolute Gasteiger partial charge is 0.416 e. The number of hydrogen-bond acceptors (Lipinski definition) is 6. The Hall–Kier alpha value is -0.970. The van der Waals surface area contributed by atoms with Gasteiger partial charge in [0.15, 0.2) is 0 Å². The van der Waals surface area contributed by atoms with Gasteiger partial charge in [-0.05, 0) is 13.0 Å². The van der Waals surface area contributed by atoms with Crippen molar-refractivity contribution in [2.75, 3.05) is 13.1 Å². The molecule has 10 heteroatoms. The minimum atomic E-state index is -0.747. The molecule has 0 radical (unpaired) electrons. The van der Waals surface area contributed by atoms with E-state index in [0.29, 0.717) is 6.54 Å². The van der Waals surface area contributed by atoms with Crippen molar-refractivity contribution in [2.45, 2.75) is 12.5 Å². The van der Waals surface area contributed by atoms with E-state index in [2.05, 4.69) is 30.0 Å². The van der Waals surface area contributed by atoms with Gasteiger partial charge in [0.05, 0.1) is 25.0 Å². The number of carbonyl (C=O) groups is 2. The average molecular weight is 280 g/mol. The highest BCUT2D eigenvalue weighted by Gasteiger charge is 2.16. The van der Waals surface area contributed by atoms with Crippen molar-refractivity contribution in [3.8, 4) is 0 Å². The topological polar surface area (TPSA) is 101 Å². The lowest BCUT2D eigenvalue weighted by atomic mass is 10.3. The Balaban J connectivity index is 2.62. The first kappa shape index (κ1) is 14.1. The molecule has 0 aromatic heterocycles. The molecular weight excluding hydrogens is 266 g/mol. The van der Waals surface area contributed by atoms with Crippen LogP contribution in [0.25, 0.3) is 0 Å². The molecule has 1 aliphatic rings. The summed E-state index contributed by atoms with van der Waals surface area (Å²) in [4.78, 5) is 26.2. The first-order valence-electron chi connectivity index (χ1n) is 4.79. The minimum absolute atomic E-state index is 0.000353. The number of guanidine groups is 1. The number of carbonyl (C=O) groups excluding carboxylic acids is 2. The van der Waals surface area contributed by atoms with Gasteiger partial charge in [-0.2, -0.15) is 0 Å². The van der Waals surface area contributed by atoms with Crippen LogP contribution in [-0.2, 0) is 9.05 Å². The molecular formula is C7H14N4O4P2. The van der Waals surface area contributed by atoms with Gasteiger partial charge in [0.2, 0.25) is 5.96 Å². The van der Waals surface area contributed by atoms with Crippen LogP contribution in [0.4, 0.5) is 9.59 Å². The fourth-order valence-electron chi connectivity index (χ4n) is 1.28. The van der Waals surface area contributed by atoms with Crippen molar-refractivity contribution >= 4 is 37.1 Å². The van der Waals surface area contributed by atoms with Gasteiger partial charge < -0.3 is 14.4 Å². The van der Waals surface area contributed by atoms with E-state index in [-0.39, 0.29) is 12.0 Å². The monoisotopic (exact) mass is 280 g/mol. The lowest BCUT2D eigenvalue weighted by Gasteiger charge is -2.10. The lowest BCUT2D eigenvalue weighted by molar-refractivity contribution is 0.210. The molecule has 1 saturated heterocycles. The van der Waals surface area contributed by atoms with Crippen LogP contribution in [0.2, 0.25) is 0 Å². The van der Waals surface area contributed by atoms with Crippen LogP contribution in [-0.4, -0.2) is 37.3 Å². The highest BCUT2D eigenvalue weighted by molar-refractivity contribution is 7.11. The normalized spacial score (nSPS) is 18.1. The number of nitrogens with one attached hydrogen (secondary N) is 3. The van der Waals surface area contributed by atoms with Crippen LogP contribution in [0.5, 0.6) is 0 Å². The molecule has 0 spiro atoms. The molecule has 1 rings (SSSR count). The summed E-state index contributed by atoms with van der Waals surface area (Å²) in [5.41, 5.74) is 0. The second-order valence-electron chi connectivity index (χ2n) is 3.18. The minimum Gasteiger partial charge on any atom is -0.435 e. The summed E-state index contributed by atoms with van der Waals surface area (Å²) in [6.45, 7) is 1.54. The Labute approximate surface area is 103 Å². The summed E-state index contributed by atoms with van der Waals surface area (Å²) in [7, 11) is 3.59. The van der Waals surface area contributed by atoms with Crippen molar-refractivity contribution < 1.29 is 18.6 Å². The predicted molar refractivity (Wildman–Crippen MR) is 67.4 cm³/mol. The van der Waals surface area contributed by atoms with Gasteiger partial charge >= 0.3 is 12.2 Å². The molecule has 1 aliphatic heterocycles. The number of aliphatic imine (C=N–C) groups is 1. The fraction of sp³-hybridized carbons (Fsp3) is 0.571. The molecule has 2 amide bonds. The molecule has 0 aromatic carbocycles. The van der Waals surface area contributed by atoms with E-state index in [4.69, 9.17) is 0 Å². The van der Waals surface area contributed by atoms with Gasteiger partial charge in [-0.15, -0.1) is 0 Å². The molecule has 1 fully saturated rings. The zero-order chi connectivity index (χ0) is 12.7. The summed E-state index contributed by atoms with van der Waals surface area (Å²) in [5, 5.41) is 7.66. The van der Waals surface area contributed by atoms with Gasteiger partial charge in [-0.25, -0.2) is 14.6 Å². The maximum absolute atomic E-state index is 11.0. The Morgan fingerprint density at radius 1 is 1.24 bits per heavy atom. The maximum Gasteiger partial charge on any atom is 0.416 e. The zero-order valence-corrected chi connectivity index (χ0v) is 11.2. The Morgan fingerprint density at radius 3 is 2.24 bits per heavy atom. The van der Waals surface area contributed by atoms with Crippen molar-refractivity contribution in [3.05, 3.63) is 0 Å². The highest BCUT2D eigenvalue weighted by Crippen LogP contribution is 2.02. The molecule has 0 saturated carbocycles. The SMILES string of the molecule is O=C(NC(=N[C@@H]1CCNC1)NC(=O)OP)OP. The predicted octanol–water partition coefficient (Wildman–Crippen LogP) is -0.263. The van der Waals surface area contributed by atoms with E-state index < -0.39 is 12.2 Å². The Morgan fingerprint density at radius 2 is 1.82 bits per heavy atom.